The fourth-order valence-corrected chi connectivity index (χ4v) is 7.58. The topological polar surface area (TPSA) is 55.4 Å². The van der Waals surface area contributed by atoms with Crippen LogP contribution in [0.3, 0.4) is 0 Å². The van der Waals surface area contributed by atoms with E-state index in [2.05, 4.69) is 26.1 Å². The Hall–Kier alpha value is -1.06. The molecule has 1 N–H and O–H groups in total. The molecule has 4 heteroatoms. The summed E-state index contributed by atoms with van der Waals surface area (Å²) in [5, 5.41) is 3.33. The summed E-state index contributed by atoms with van der Waals surface area (Å²) in [6.07, 6.45) is 7.81. The molecule has 0 radical (unpaired) electrons. The number of piperidine rings is 1. The number of fused-ring (bicyclic) bond motifs is 5. The molecule has 1 saturated heterocycles. The maximum Gasteiger partial charge on any atom is 0.309 e. The molecule has 0 aromatic rings. The second kappa shape index (κ2) is 5.72. The fourth-order valence-electron chi connectivity index (χ4n) is 7.58. The molecule has 4 fully saturated rings. The minimum Gasteiger partial charge on any atom is -0.469 e. The summed E-state index contributed by atoms with van der Waals surface area (Å²) >= 11 is 0. The average molecular weight is 347 g/mol. The van der Waals surface area contributed by atoms with Gasteiger partial charge < -0.3 is 10.1 Å². The van der Waals surface area contributed by atoms with E-state index < -0.39 is 0 Å². The normalized spacial score (nSPS) is 51.8. The van der Waals surface area contributed by atoms with E-state index in [9.17, 15) is 9.59 Å². The van der Waals surface area contributed by atoms with Crippen LogP contribution in [-0.4, -0.2) is 25.0 Å². The van der Waals surface area contributed by atoms with E-state index in [0.717, 1.165) is 25.7 Å². The molecule has 0 aromatic heterocycles. The number of rotatable bonds is 1. The van der Waals surface area contributed by atoms with Crippen LogP contribution in [-0.2, 0) is 14.3 Å². The first kappa shape index (κ1) is 17.4. The van der Waals surface area contributed by atoms with Crippen molar-refractivity contribution in [3.05, 3.63) is 0 Å². The Labute approximate surface area is 151 Å². The Bertz CT molecular complexity index is 590. The van der Waals surface area contributed by atoms with Crippen LogP contribution in [0, 0.1) is 40.4 Å². The number of carbonyl (C=O) groups excluding carboxylic acids is 2. The van der Waals surface area contributed by atoms with E-state index in [0.29, 0.717) is 23.8 Å². The highest BCUT2D eigenvalue weighted by Gasteiger charge is 2.62. The Morgan fingerprint density at radius 2 is 1.80 bits per heavy atom. The highest BCUT2D eigenvalue weighted by molar-refractivity contribution is 5.79. The van der Waals surface area contributed by atoms with E-state index >= 15 is 0 Å². The largest absolute Gasteiger partial charge is 0.469 e. The van der Waals surface area contributed by atoms with E-state index in [4.69, 9.17) is 4.74 Å². The molecule has 3 aliphatic carbocycles. The third-order valence-corrected chi connectivity index (χ3v) is 8.86. The van der Waals surface area contributed by atoms with Gasteiger partial charge in [0.25, 0.3) is 0 Å². The quantitative estimate of drug-likeness (QED) is 0.738. The van der Waals surface area contributed by atoms with Gasteiger partial charge in [-0.2, -0.15) is 0 Å². The highest BCUT2D eigenvalue weighted by atomic mass is 16.5. The third kappa shape index (κ3) is 2.31. The van der Waals surface area contributed by atoms with Gasteiger partial charge >= 0.3 is 5.97 Å². The maximum absolute atomic E-state index is 12.3. The van der Waals surface area contributed by atoms with Crippen LogP contribution >= 0.6 is 0 Å². The lowest BCUT2D eigenvalue weighted by atomic mass is 9.46. The molecule has 3 saturated carbocycles. The Morgan fingerprint density at radius 3 is 2.52 bits per heavy atom. The SMILES string of the molecule is COC(=O)[C@H]1CC[C@H]2[C@@H]3CC[C@H]4NC(=O)C(C)C[C@]4(C)[C@H]3CC[C@]12C. The molecule has 1 aliphatic heterocycles. The number of nitrogens with one attached hydrogen (secondary N) is 1. The second-order valence-corrected chi connectivity index (χ2v) is 9.82. The van der Waals surface area contributed by atoms with Crippen molar-refractivity contribution < 1.29 is 14.3 Å². The second-order valence-electron chi connectivity index (χ2n) is 9.82. The predicted octanol–water partition coefficient (Wildman–Crippen LogP) is 3.54. The Morgan fingerprint density at radius 1 is 1.08 bits per heavy atom. The number of esters is 1. The van der Waals surface area contributed by atoms with Crippen molar-refractivity contribution in [2.75, 3.05) is 7.11 Å². The molecule has 1 amide bonds. The first-order chi connectivity index (χ1) is 11.8. The molecule has 0 aromatic carbocycles. The summed E-state index contributed by atoms with van der Waals surface area (Å²) in [6.45, 7) is 6.86. The molecular weight excluding hydrogens is 314 g/mol. The van der Waals surface area contributed by atoms with Crippen molar-refractivity contribution in [1.29, 1.82) is 0 Å². The van der Waals surface area contributed by atoms with Gasteiger partial charge in [0.15, 0.2) is 0 Å². The zero-order valence-corrected chi connectivity index (χ0v) is 16.1. The van der Waals surface area contributed by atoms with Crippen LogP contribution in [0.5, 0.6) is 0 Å². The fraction of sp³-hybridized carbons (Fsp3) is 0.905. The Balaban J connectivity index is 1.62. The van der Waals surface area contributed by atoms with E-state index in [1.54, 1.807) is 0 Å². The molecule has 0 bridgehead atoms. The summed E-state index contributed by atoms with van der Waals surface area (Å²) in [6, 6.07) is 0.347. The van der Waals surface area contributed by atoms with Crippen molar-refractivity contribution in [2.24, 2.45) is 40.4 Å². The summed E-state index contributed by atoms with van der Waals surface area (Å²) in [7, 11) is 1.53. The van der Waals surface area contributed by atoms with Gasteiger partial charge in [0.05, 0.1) is 13.0 Å². The highest BCUT2D eigenvalue weighted by Crippen LogP contribution is 2.65. The minimum atomic E-state index is 0.00176. The van der Waals surface area contributed by atoms with Gasteiger partial charge in [0, 0.05) is 12.0 Å². The van der Waals surface area contributed by atoms with Gasteiger partial charge in [0.1, 0.15) is 0 Å². The van der Waals surface area contributed by atoms with Crippen molar-refractivity contribution in [3.63, 3.8) is 0 Å². The maximum atomic E-state index is 12.3. The molecule has 140 valence electrons. The number of hydrogen-bond donors (Lipinski definition) is 1. The summed E-state index contributed by atoms with van der Waals surface area (Å²) in [4.78, 5) is 24.5. The molecule has 8 atom stereocenters. The summed E-state index contributed by atoms with van der Waals surface area (Å²) in [5.74, 6) is 2.48. The lowest BCUT2D eigenvalue weighted by Gasteiger charge is -2.60. The van der Waals surface area contributed by atoms with Gasteiger partial charge in [-0.05, 0) is 73.5 Å². The summed E-state index contributed by atoms with van der Waals surface area (Å²) in [5.41, 5.74) is 0.335. The van der Waals surface area contributed by atoms with Gasteiger partial charge in [0.2, 0.25) is 5.91 Å². The molecule has 0 spiro atoms. The average Bonchev–Trinajstić information content (AvgIpc) is 2.93. The van der Waals surface area contributed by atoms with Crippen molar-refractivity contribution in [3.8, 4) is 0 Å². The van der Waals surface area contributed by atoms with Crippen LogP contribution < -0.4 is 5.32 Å². The van der Waals surface area contributed by atoms with E-state index in [1.807, 2.05) is 0 Å². The first-order valence-electron chi connectivity index (χ1n) is 10.2. The molecule has 4 aliphatic rings. The van der Waals surface area contributed by atoms with E-state index in [-0.39, 0.29) is 34.5 Å². The monoisotopic (exact) mass is 347 g/mol. The molecule has 4 nitrogen and oxygen atoms in total. The number of carbonyl (C=O) groups is 2. The molecule has 25 heavy (non-hydrogen) atoms. The smallest absolute Gasteiger partial charge is 0.309 e. The third-order valence-electron chi connectivity index (χ3n) is 8.86. The lowest BCUT2D eigenvalue weighted by Crippen LogP contribution is -2.62. The van der Waals surface area contributed by atoms with Gasteiger partial charge in [-0.15, -0.1) is 0 Å². The van der Waals surface area contributed by atoms with Crippen LogP contribution in [0.15, 0.2) is 0 Å². The number of ether oxygens (including phenoxy) is 1. The zero-order valence-electron chi connectivity index (χ0n) is 16.1. The van der Waals surface area contributed by atoms with Crippen LogP contribution in [0.25, 0.3) is 0 Å². The lowest BCUT2D eigenvalue weighted by molar-refractivity contribution is -0.157. The molecule has 1 heterocycles. The summed E-state index contributed by atoms with van der Waals surface area (Å²) < 4.78 is 5.13. The van der Waals surface area contributed by atoms with Crippen molar-refractivity contribution in [2.45, 2.75) is 71.8 Å². The number of hydrogen-bond acceptors (Lipinski definition) is 3. The van der Waals surface area contributed by atoms with Crippen LogP contribution in [0.4, 0.5) is 0 Å². The number of methoxy groups -OCH3 is 1. The Kier molecular flexibility index (Phi) is 3.97. The van der Waals surface area contributed by atoms with E-state index in [1.165, 1.54) is 26.4 Å². The van der Waals surface area contributed by atoms with Gasteiger partial charge in [-0.3, -0.25) is 9.59 Å². The van der Waals surface area contributed by atoms with Crippen LogP contribution in [0.1, 0.15) is 65.7 Å². The van der Waals surface area contributed by atoms with Gasteiger partial charge in [-0.25, -0.2) is 0 Å². The molecular formula is C21H33NO3. The molecule has 4 rings (SSSR count). The standard InChI is InChI=1S/C21H33NO3/c1-12-11-21(3)15-9-10-20(2)14(6-7-16(20)19(24)25-4)13(15)5-8-17(21)22-18(12)23/h12-17H,5-11H2,1-4H3,(H,22,23)/t12?,13-,14-,15-,16+,17+,20-,21+/m0/s1. The van der Waals surface area contributed by atoms with Crippen molar-refractivity contribution >= 4 is 11.9 Å². The first-order valence-corrected chi connectivity index (χ1v) is 10.2. The number of amides is 1. The zero-order chi connectivity index (χ0) is 18.0. The minimum absolute atomic E-state index is 0.00176. The van der Waals surface area contributed by atoms with Crippen LogP contribution in [0.2, 0.25) is 0 Å². The van der Waals surface area contributed by atoms with Crippen molar-refractivity contribution in [1.82, 2.24) is 5.32 Å². The molecule has 1 unspecified atom stereocenters. The van der Waals surface area contributed by atoms with Gasteiger partial charge in [-0.1, -0.05) is 20.8 Å². The predicted molar refractivity (Wildman–Crippen MR) is 95.6 cm³/mol.